The van der Waals surface area contributed by atoms with E-state index in [0.29, 0.717) is 5.75 Å². The highest BCUT2D eigenvalue weighted by atomic mass is 35.5. The molecule has 2 nitrogen and oxygen atoms in total. The van der Waals surface area contributed by atoms with Crippen LogP contribution in [-0.4, -0.2) is 17.3 Å². The Morgan fingerprint density at radius 2 is 2.00 bits per heavy atom. The first-order valence-corrected chi connectivity index (χ1v) is 3.82. The maximum atomic E-state index is 8.96. The minimum absolute atomic E-state index is 0.0783. The Hall–Kier alpha value is -0.730. The standard InChI is InChI=1S/C8H9ClO2/c9-6-8(10)11-7-4-2-1-3-5-7/h1-5,8,10H,6H2. The molecule has 0 saturated heterocycles. The molecule has 0 aromatic heterocycles. The van der Waals surface area contributed by atoms with Crippen molar-refractivity contribution in [1.29, 1.82) is 0 Å². The average molecular weight is 173 g/mol. The van der Waals surface area contributed by atoms with Gasteiger partial charge in [-0.15, -0.1) is 11.6 Å². The molecule has 11 heavy (non-hydrogen) atoms. The summed E-state index contributed by atoms with van der Waals surface area (Å²) in [6, 6.07) is 9.05. The summed E-state index contributed by atoms with van der Waals surface area (Å²) in [4.78, 5) is 0. The fraction of sp³-hybridized carbons (Fsp3) is 0.250. The van der Waals surface area contributed by atoms with E-state index in [1.807, 2.05) is 18.2 Å². The summed E-state index contributed by atoms with van der Waals surface area (Å²) in [5.74, 6) is 0.704. The predicted molar refractivity (Wildman–Crippen MR) is 43.8 cm³/mol. The minimum Gasteiger partial charge on any atom is -0.464 e. The van der Waals surface area contributed by atoms with Crippen LogP contribution in [0.15, 0.2) is 30.3 Å². The Bertz CT molecular complexity index is 201. The summed E-state index contributed by atoms with van der Waals surface area (Å²) in [7, 11) is 0. The zero-order chi connectivity index (χ0) is 8.10. The quantitative estimate of drug-likeness (QED) is 0.555. The van der Waals surface area contributed by atoms with Gasteiger partial charge in [0.1, 0.15) is 5.75 Å². The van der Waals surface area contributed by atoms with Crippen molar-refractivity contribution in [3.8, 4) is 5.75 Å². The van der Waals surface area contributed by atoms with E-state index in [1.165, 1.54) is 0 Å². The molecule has 0 aliphatic carbocycles. The smallest absolute Gasteiger partial charge is 0.211 e. The van der Waals surface area contributed by atoms with Gasteiger partial charge in [-0.25, -0.2) is 0 Å². The van der Waals surface area contributed by atoms with Gasteiger partial charge in [0, 0.05) is 0 Å². The van der Waals surface area contributed by atoms with E-state index in [-0.39, 0.29) is 5.88 Å². The second-order valence-electron chi connectivity index (χ2n) is 2.04. The van der Waals surface area contributed by atoms with E-state index in [1.54, 1.807) is 12.1 Å². The summed E-state index contributed by atoms with van der Waals surface area (Å²) in [6.45, 7) is 0. The molecule has 60 valence electrons. The Labute approximate surface area is 70.4 Å². The Morgan fingerprint density at radius 1 is 1.36 bits per heavy atom. The second-order valence-corrected chi connectivity index (χ2v) is 2.35. The van der Waals surface area contributed by atoms with Gasteiger partial charge in [0.05, 0.1) is 5.88 Å². The van der Waals surface area contributed by atoms with Gasteiger partial charge in [0.2, 0.25) is 6.29 Å². The van der Waals surface area contributed by atoms with E-state index < -0.39 is 6.29 Å². The number of aliphatic hydroxyl groups is 1. The number of alkyl halides is 1. The molecular formula is C8H9ClO2. The number of hydrogen-bond donors (Lipinski definition) is 1. The number of halogens is 1. The maximum Gasteiger partial charge on any atom is 0.211 e. The molecule has 0 aliphatic rings. The van der Waals surface area contributed by atoms with Crippen LogP contribution in [0.5, 0.6) is 5.75 Å². The Kier molecular flexibility index (Phi) is 3.20. The molecule has 1 N–H and O–H groups in total. The maximum absolute atomic E-state index is 8.96. The van der Waals surface area contributed by atoms with E-state index in [9.17, 15) is 0 Å². The molecular weight excluding hydrogens is 164 g/mol. The topological polar surface area (TPSA) is 29.5 Å². The van der Waals surface area contributed by atoms with Crippen molar-refractivity contribution in [2.45, 2.75) is 6.29 Å². The van der Waals surface area contributed by atoms with E-state index in [4.69, 9.17) is 21.4 Å². The van der Waals surface area contributed by atoms with Crippen molar-refractivity contribution in [3.05, 3.63) is 30.3 Å². The second kappa shape index (κ2) is 4.21. The summed E-state index contributed by atoms with van der Waals surface area (Å²) in [5.41, 5.74) is 0. The van der Waals surface area contributed by atoms with Gasteiger partial charge in [0.15, 0.2) is 0 Å². The number of rotatable bonds is 3. The van der Waals surface area contributed by atoms with E-state index in [0.717, 1.165) is 0 Å². The van der Waals surface area contributed by atoms with E-state index >= 15 is 0 Å². The first kappa shape index (κ1) is 8.37. The molecule has 1 atom stereocenters. The lowest BCUT2D eigenvalue weighted by molar-refractivity contribution is 0.00271. The number of aliphatic hydroxyl groups excluding tert-OH is 1. The Balaban J connectivity index is 2.51. The molecule has 3 heteroatoms. The summed E-state index contributed by atoms with van der Waals surface area (Å²) < 4.78 is 4.99. The lowest BCUT2D eigenvalue weighted by Gasteiger charge is -2.09. The molecule has 1 rings (SSSR count). The zero-order valence-corrected chi connectivity index (χ0v) is 6.66. The SMILES string of the molecule is OC(CCl)Oc1ccccc1. The molecule has 0 spiro atoms. The van der Waals surface area contributed by atoms with Crippen LogP contribution >= 0.6 is 11.6 Å². The molecule has 1 aromatic rings. The van der Waals surface area contributed by atoms with Crippen molar-refractivity contribution in [3.63, 3.8) is 0 Å². The predicted octanol–water partition coefficient (Wildman–Crippen LogP) is 1.62. The average Bonchev–Trinajstić information content (AvgIpc) is 2.06. The van der Waals surface area contributed by atoms with Crippen molar-refractivity contribution >= 4 is 11.6 Å². The molecule has 1 aromatic carbocycles. The van der Waals surface area contributed by atoms with Crippen molar-refractivity contribution in [2.24, 2.45) is 0 Å². The van der Waals surface area contributed by atoms with Crippen LogP contribution in [0.4, 0.5) is 0 Å². The third-order valence-electron chi connectivity index (χ3n) is 1.15. The zero-order valence-electron chi connectivity index (χ0n) is 5.90. The number of hydrogen-bond acceptors (Lipinski definition) is 2. The van der Waals surface area contributed by atoms with Gasteiger partial charge in [-0.3, -0.25) is 0 Å². The van der Waals surface area contributed by atoms with Crippen LogP contribution in [0.1, 0.15) is 0 Å². The lowest BCUT2D eigenvalue weighted by Crippen LogP contribution is -2.16. The first-order chi connectivity index (χ1) is 5.33. The number of para-hydroxylation sites is 1. The van der Waals surface area contributed by atoms with Crippen LogP contribution in [0.3, 0.4) is 0 Å². The normalized spacial score (nSPS) is 12.5. The summed E-state index contributed by atoms with van der Waals surface area (Å²) in [6.07, 6.45) is -0.918. The van der Waals surface area contributed by atoms with Crippen molar-refractivity contribution in [1.82, 2.24) is 0 Å². The molecule has 0 bridgehead atoms. The van der Waals surface area contributed by atoms with Crippen molar-refractivity contribution < 1.29 is 9.84 Å². The highest BCUT2D eigenvalue weighted by Crippen LogP contribution is 2.09. The van der Waals surface area contributed by atoms with Crippen LogP contribution in [-0.2, 0) is 0 Å². The highest BCUT2D eigenvalue weighted by Gasteiger charge is 2.01. The minimum atomic E-state index is -0.918. The van der Waals surface area contributed by atoms with Gasteiger partial charge in [-0.05, 0) is 12.1 Å². The Morgan fingerprint density at radius 3 is 2.55 bits per heavy atom. The highest BCUT2D eigenvalue weighted by molar-refractivity contribution is 6.18. The van der Waals surface area contributed by atoms with Crippen LogP contribution < -0.4 is 4.74 Å². The van der Waals surface area contributed by atoms with Gasteiger partial charge in [0.25, 0.3) is 0 Å². The molecule has 0 radical (unpaired) electrons. The molecule has 0 fully saturated rings. The fourth-order valence-electron chi connectivity index (χ4n) is 0.688. The van der Waals surface area contributed by atoms with Gasteiger partial charge in [-0.1, -0.05) is 18.2 Å². The first-order valence-electron chi connectivity index (χ1n) is 3.28. The molecule has 1 unspecified atom stereocenters. The largest absolute Gasteiger partial charge is 0.464 e. The third kappa shape index (κ3) is 2.78. The third-order valence-corrected chi connectivity index (χ3v) is 1.41. The van der Waals surface area contributed by atoms with Gasteiger partial charge >= 0.3 is 0 Å². The number of benzene rings is 1. The van der Waals surface area contributed by atoms with Crippen LogP contribution in [0.25, 0.3) is 0 Å². The fourth-order valence-corrected chi connectivity index (χ4v) is 0.751. The molecule has 0 amide bonds. The molecule has 0 saturated carbocycles. The molecule has 0 heterocycles. The lowest BCUT2D eigenvalue weighted by atomic mass is 10.3. The van der Waals surface area contributed by atoms with Crippen LogP contribution in [0, 0.1) is 0 Å². The summed E-state index contributed by atoms with van der Waals surface area (Å²) in [5, 5.41) is 8.96. The monoisotopic (exact) mass is 172 g/mol. The van der Waals surface area contributed by atoms with Crippen molar-refractivity contribution in [2.75, 3.05) is 5.88 Å². The van der Waals surface area contributed by atoms with Gasteiger partial charge in [-0.2, -0.15) is 0 Å². The number of ether oxygens (including phenoxy) is 1. The molecule has 0 aliphatic heterocycles. The summed E-state index contributed by atoms with van der Waals surface area (Å²) >= 11 is 5.33. The van der Waals surface area contributed by atoms with Crippen LogP contribution in [0.2, 0.25) is 0 Å². The van der Waals surface area contributed by atoms with Gasteiger partial charge < -0.3 is 9.84 Å². The van der Waals surface area contributed by atoms with E-state index in [2.05, 4.69) is 0 Å².